The van der Waals surface area contributed by atoms with Crippen LogP contribution in [-0.4, -0.2) is 9.78 Å². The lowest BCUT2D eigenvalue weighted by molar-refractivity contribution is 0.658. The largest absolute Gasteiger partial charge is 0.320 e. The van der Waals surface area contributed by atoms with Gasteiger partial charge >= 0.3 is 0 Å². The lowest BCUT2D eigenvalue weighted by atomic mass is 10.0. The standard InChI is InChI=1S/C13H17N3/c1-3-16-9-12(8-15-16)13(14)11-6-4-5-10(2)7-11/h4-9,13H,3,14H2,1-2H3. The first kappa shape index (κ1) is 10.9. The predicted octanol–water partition coefficient (Wildman–Crippen LogP) is 2.26. The third-order valence-corrected chi connectivity index (χ3v) is 2.74. The van der Waals surface area contributed by atoms with Crippen molar-refractivity contribution >= 4 is 0 Å². The van der Waals surface area contributed by atoms with Crippen molar-refractivity contribution in [1.29, 1.82) is 0 Å². The van der Waals surface area contributed by atoms with Crippen LogP contribution < -0.4 is 5.73 Å². The van der Waals surface area contributed by atoms with Gasteiger partial charge in [-0.2, -0.15) is 5.10 Å². The Morgan fingerprint density at radius 1 is 1.38 bits per heavy atom. The van der Waals surface area contributed by atoms with Crippen LogP contribution in [0.5, 0.6) is 0 Å². The van der Waals surface area contributed by atoms with E-state index in [-0.39, 0.29) is 6.04 Å². The molecule has 3 nitrogen and oxygen atoms in total. The summed E-state index contributed by atoms with van der Waals surface area (Å²) >= 11 is 0. The van der Waals surface area contributed by atoms with Crippen molar-refractivity contribution in [3.05, 3.63) is 53.3 Å². The van der Waals surface area contributed by atoms with Gasteiger partial charge in [-0.1, -0.05) is 29.8 Å². The Hall–Kier alpha value is -1.61. The normalized spacial score (nSPS) is 12.7. The number of aromatic nitrogens is 2. The van der Waals surface area contributed by atoms with Crippen LogP contribution in [0.3, 0.4) is 0 Å². The third-order valence-electron chi connectivity index (χ3n) is 2.74. The van der Waals surface area contributed by atoms with Gasteiger partial charge in [0.05, 0.1) is 12.2 Å². The van der Waals surface area contributed by atoms with Crippen LogP contribution in [0.4, 0.5) is 0 Å². The Balaban J connectivity index is 2.27. The lowest BCUT2D eigenvalue weighted by Gasteiger charge is -2.10. The maximum absolute atomic E-state index is 6.20. The quantitative estimate of drug-likeness (QED) is 0.853. The Morgan fingerprint density at radius 3 is 2.81 bits per heavy atom. The lowest BCUT2D eigenvalue weighted by Crippen LogP contribution is -2.11. The molecule has 3 heteroatoms. The first-order valence-electron chi connectivity index (χ1n) is 5.55. The average Bonchev–Trinajstić information content (AvgIpc) is 2.76. The SMILES string of the molecule is CCn1cc(C(N)c2cccc(C)c2)cn1. The topological polar surface area (TPSA) is 43.8 Å². The van der Waals surface area contributed by atoms with Gasteiger partial charge in [-0.3, -0.25) is 4.68 Å². The maximum Gasteiger partial charge on any atom is 0.0582 e. The van der Waals surface area contributed by atoms with Crippen molar-refractivity contribution in [2.24, 2.45) is 5.73 Å². The minimum atomic E-state index is -0.0831. The van der Waals surface area contributed by atoms with E-state index in [4.69, 9.17) is 5.73 Å². The Morgan fingerprint density at radius 2 is 2.19 bits per heavy atom. The highest BCUT2D eigenvalue weighted by molar-refractivity contribution is 5.31. The smallest absolute Gasteiger partial charge is 0.0582 e. The number of hydrogen-bond acceptors (Lipinski definition) is 2. The van der Waals surface area contributed by atoms with Gasteiger partial charge in [0, 0.05) is 18.3 Å². The Labute approximate surface area is 95.9 Å². The molecule has 1 heterocycles. The third kappa shape index (κ3) is 2.14. The molecule has 2 aromatic rings. The van der Waals surface area contributed by atoms with Crippen LogP contribution >= 0.6 is 0 Å². The van der Waals surface area contributed by atoms with Gasteiger partial charge in [0.25, 0.3) is 0 Å². The summed E-state index contributed by atoms with van der Waals surface area (Å²) < 4.78 is 1.89. The van der Waals surface area contributed by atoms with Gasteiger partial charge < -0.3 is 5.73 Å². The van der Waals surface area contributed by atoms with E-state index >= 15 is 0 Å². The molecule has 0 spiro atoms. The van der Waals surface area contributed by atoms with Crippen molar-refractivity contribution in [2.75, 3.05) is 0 Å². The van der Waals surface area contributed by atoms with Crippen molar-refractivity contribution in [1.82, 2.24) is 9.78 Å². The van der Waals surface area contributed by atoms with Crippen molar-refractivity contribution in [3.63, 3.8) is 0 Å². The highest BCUT2D eigenvalue weighted by Crippen LogP contribution is 2.19. The van der Waals surface area contributed by atoms with Gasteiger partial charge in [-0.25, -0.2) is 0 Å². The van der Waals surface area contributed by atoms with E-state index < -0.39 is 0 Å². The molecule has 0 aliphatic heterocycles. The zero-order valence-electron chi connectivity index (χ0n) is 9.72. The predicted molar refractivity (Wildman–Crippen MR) is 65.1 cm³/mol. The van der Waals surface area contributed by atoms with E-state index in [0.717, 1.165) is 17.7 Å². The minimum absolute atomic E-state index is 0.0831. The fourth-order valence-corrected chi connectivity index (χ4v) is 1.77. The van der Waals surface area contributed by atoms with Crippen LogP contribution in [0.25, 0.3) is 0 Å². The molecule has 0 aliphatic rings. The highest BCUT2D eigenvalue weighted by atomic mass is 15.3. The molecule has 0 saturated carbocycles. The molecule has 0 aliphatic carbocycles. The molecule has 16 heavy (non-hydrogen) atoms. The van der Waals surface area contributed by atoms with E-state index in [1.54, 1.807) is 0 Å². The molecule has 0 saturated heterocycles. The molecule has 0 radical (unpaired) electrons. The molecule has 2 rings (SSSR count). The summed E-state index contributed by atoms with van der Waals surface area (Å²) in [6.45, 7) is 5.02. The first-order chi connectivity index (χ1) is 7.70. The second-order valence-corrected chi connectivity index (χ2v) is 4.02. The Kier molecular flexibility index (Phi) is 3.06. The van der Waals surface area contributed by atoms with Crippen LogP contribution in [0.2, 0.25) is 0 Å². The summed E-state index contributed by atoms with van der Waals surface area (Å²) in [5, 5.41) is 4.24. The zero-order chi connectivity index (χ0) is 11.5. The summed E-state index contributed by atoms with van der Waals surface area (Å²) in [5.74, 6) is 0. The van der Waals surface area contributed by atoms with Crippen molar-refractivity contribution in [2.45, 2.75) is 26.4 Å². The van der Waals surface area contributed by atoms with Crippen LogP contribution in [0.1, 0.15) is 29.7 Å². The van der Waals surface area contributed by atoms with E-state index in [1.807, 2.05) is 23.1 Å². The molecule has 1 atom stereocenters. The van der Waals surface area contributed by atoms with Gasteiger partial charge in [0.2, 0.25) is 0 Å². The van der Waals surface area contributed by atoms with E-state index in [2.05, 4.69) is 37.1 Å². The average molecular weight is 215 g/mol. The molecular weight excluding hydrogens is 198 g/mol. The molecule has 1 unspecified atom stereocenters. The second-order valence-electron chi connectivity index (χ2n) is 4.02. The number of benzene rings is 1. The second kappa shape index (κ2) is 4.49. The summed E-state index contributed by atoms with van der Waals surface area (Å²) in [5.41, 5.74) is 9.63. The molecule has 1 aromatic carbocycles. The van der Waals surface area contributed by atoms with E-state index in [9.17, 15) is 0 Å². The van der Waals surface area contributed by atoms with Gasteiger partial charge in [0.15, 0.2) is 0 Å². The Bertz CT molecular complexity index is 474. The molecule has 1 aromatic heterocycles. The van der Waals surface area contributed by atoms with E-state index in [0.29, 0.717) is 0 Å². The molecule has 2 N–H and O–H groups in total. The monoisotopic (exact) mass is 215 g/mol. The van der Waals surface area contributed by atoms with Crippen molar-refractivity contribution in [3.8, 4) is 0 Å². The maximum atomic E-state index is 6.20. The van der Waals surface area contributed by atoms with Crippen molar-refractivity contribution < 1.29 is 0 Å². The molecule has 0 amide bonds. The molecule has 84 valence electrons. The molecule has 0 fully saturated rings. The van der Waals surface area contributed by atoms with E-state index in [1.165, 1.54) is 5.56 Å². The summed E-state index contributed by atoms with van der Waals surface area (Å²) in [7, 11) is 0. The zero-order valence-corrected chi connectivity index (χ0v) is 9.72. The summed E-state index contributed by atoms with van der Waals surface area (Å²) in [6, 6.07) is 8.20. The van der Waals surface area contributed by atoms with Crippen LogP contribution in [0, 0.1) is 6.92 Å². The first-order valence-corrected chi connectivity index (χ1v) is 5.55. The van der Waals surface area contributed by atoms with Gasteiger partial charge in [-0.05, 0) is 19.4 Å². The number of aryl methyl sites for hydroxylation is 2. The fraction of sp³-hybridized carbons (Fsp3) is 0.308. The van der Waals surface area contributed by atoms with Crippen LogP contribution in [0.15, 0.2) is 36.7 Å². The highest BCUT2D eigenvalue weighted by Gasteiger charge is 2.10. The molecule has 0 bridgehead atoms. The van der Waals surface area contributed by atoms with Crippen LogP contribution in [-0.2, 0) is 6.54 Å². The number of hydrogen-bond donors (Lipinski definition) is 1. The minimum Gasteiger partial charge on any atom is -0.320 e. The molecular formula is C13H17N3. The van der Waals surface area contributed by atoms with Gasteiger partial charge in [-0.15, -0.1) is 0 Å². The fourth-order valence-electron chi connectivity index (χ4n) is 1.77. The summed E-state index contributed by atoms with van der Waals surface area (Å²) in [6.07, 6.45) is 3.85. The number of nitrogens with zero attached hydrogens (tertiary/aromatic N) is 2. The van der Waals surface area contributed by atoms with Gasteiger partial charge in [0.1, 0.15) is 0 Å². The summed E-state index contributed by atoms with van der Waals surface area (Å²) in [4.78, 5) is 0. The number of nitrogens with two attached hydrogens (primary N) is 1. The number of rotatable bonds is 3.